The van der Waals surface area contributed by atoms with Gasteiger partial charge in [0.1, 0.15) is 0 Å². The predicted octanol–water partition coefficient (Wildman–Crippen LogP) is 3.74. The van der Waals surface area contributed by atoms with E-state index in [1.54, 1.807) is 14.1 Å². The molecular weight excluding hydrogens is 258 g/mol. The van der Waals surface area contributed by atoms with E-state index >= 15 is 0 Å². The summed E-state index contributed by atoms with van der Waals surface area (Å²) in [5.41, 5.74) is 0.362. The third kappa shape index (κ3) is 3.16. The van der Waals surface area contributed by atoms with Gasteiger partial charge in [-0.15, -0.1) is 0 Å². The largest absolute Gasteiger partial charge is 0.331 e. The lowest BCUT2D eigenvalue weighted by molar-refractivity contribution is 0.230. The van der Waals surface area contributed by atoms with Crippen molar-refractivity contribution in [1.29, 1.82) is 0 Å². The molecule has 0 aliphatic rings. The van der Waals surface area contributed by atoms with Crippen LogP contribution >= 0.6 is 34.8 Å². The van der Waals surface area contributed by atoms with Crippen molar-refractivity contribution in [2.24, 2.45) is 0 Å². The van der Waals surface area contributed by atoms with Gasteiger partial charge in [0.05, 0.1) is 15.7 Å². The van der Waals surface area contributed by atoms with Crippen molar-refractivity contribution in [2.45, 2.75) is 0 Å². The van der Waals surface area contributed by atoms with Gasteiger partial charge in [-0.3, -0.25) is 0 Å². The van der Waals surface area contributed by atoms with Crippen LogP contribution in [0, 0.1) is 0 Å². The highest BCUT2D eigenvalue weighted by atomic mass is 35.5. The Hall–Kier alpha value is -0.640. The van der Waals surface area contributed by atoms with Gasteiger partial charge in [-0.05, 0) is 12.1 Å². The fourth-order valence-corrected chi connectivity index (χ4v) is 1.79. The number of carbonyl (C=O) groups is 1. The number of hydrogen-bond acceptors (Lipinski definition) is 1. The van der Waals surface area contributed by atoms with Gasteiger partial charge in [0.2, 0.25) is 0 Å². The molecule has 0 spiro atoms. The van der Waals surface area contributed by atoms with E-state index in [1.165, 1.54) is 17.0 Å². The normalized spacial score (nSPS) is 9.93. The van der Waals surface area contributed by atoms with Crippen molar-refractivity contribution in [2.75, 3.05) is 19.4 Å². The molecule has 1 rings (SSSR count). The lowest BCUT2D eigenvalue weighted by Crippen LogP contribution is -2.27. The average Bonchev–Trinajstić information content (AvgIpc) is 2.10. The van der Waals surface area contributed by atoms with E-state index in [-0.39, 0.29) is 6.03 Å². The first kappa shape index (κ1) is 12.4. The first-order valence-corrected chi connectivity index (χ1v) is 5.18. The third-order valence-electron chi connectivity index (χ3n) is 1.64. The lowest BCUT2D eigenvalue weighted by atomic mass is 10.3. The van der Waals surface area contributed by atoms with Crippen LogP contribution in [-0.4, -0.2) is 25.0 Å². The molecule has 1 aromatic carbocycles. The minimum absolute atomic E-state index is 0.305. The summed E-state index contributed by atoms with van der Waals surface area (Å²) < 4.78 is 0. The van der Waals surface area contributed by atoms with Crippen LogP contribution in [0.5, 0.6) is 0 Å². The molecule has 0 radical (unpaired) electrons. The number of hydrogen-bond donors (Lipinski definition) is 1. The van der Waals surface area contributed by atoms with Crippen LogP contribution in [0.15, 0.2) is 12.1 Å². The zero-order valence-electron chi connectivity index (χ0n) is 8.14. The molecule has 1 aromatic rings. The quantitative estimate of drug-likeness (QED) is 0.826. The topological polar surface area (TPSA) is 32.3 Å². The van der Waals surface area contributed by atoms with Crippen molar-refractivity contribution < 1.29 is 4.79 Å². The Morgan fingerprint density at radius 3 is 2.07 bits per heavy atom. The van der Waals surface area contributed by atoms with Gasteiger partial charge in [-0.2, -0.15) is 0 Å². The summed E-state index contributed by atoms with van der Waals surface area (Å²) in [5, 5.41) is 3.61. The van der Waals surface area contributed by atoms with E-state index in [0.29, 0.717) is 20.8 Å². The molecule has 0 aromatic heterocycles. The number of nitrogens with zero attached hydrogens (tertiary/aromatic N) is 1. The minimum Gasteiger partial charge on any atom is -0.331 e. The van der Waals surface area contributed by atoms with Gasteiger partial charge < -0.3 is 10.2 Å². The Bertz CT molecular complexity index is 370. The molecule has 0 heterocycles. The summed E-state index contributed by atoms with van der Waals surface area (Å²) in [6, 6.07) is 2.72. The summed E-state index contributed by atoms with van der Waals surface area (Å²) in [5.74, 6) is 0. The van der Waals surface area contributed by atoms with Gasteiger partial charge in [0.15, 0.2) is 0 Å². The van der Waals surface area contributed by atoms with Gasteiger partial charge >= 0.3 is 6.03 Å². The van der Waals surface area contributed by atoms with E-state index in [2.05, 4.69) is 5.32 Å². The van der Waals surface area contributed by atoms with Crippen molar-refractivity contribution in [3.63, 3.8) is 0 Å². The molecule has 1 N–H and O–H groups in total. The van der Waals surface area contributed by atoms with E-state index < -0.39 is 0 Å². The van der Waals surface area contributed by atoms with Crippen LogP contribution in [0.3, 0.4) is 0 Å². The first-order valence-electron chi connectivity index (χ1n) is 4.04. The molecule has 0 atom stereocenters. The predicted molar refractivity (Wildman–Crippen MR) is 64.2 cm³/mol. The van der Waals surface area contributed by atoms with Gasteiger partial charge in [-0.1, -0.05) is 34.8 Å². The standard InChI is InChI=1S/C9H9Cl3N2O/c1-14(2)9(15)13-8-6(11)3-5(10)4-7(8)12/h3-4H,1-2H3,(H,13,15). The number of amides is 2. The second kappa shape index (κ2) is 4.92. The fraction of sp³-hybridized carbons (Fsp3) is 0.222. The Labute approximate surface area is 103 Å². The Balaban J connectivity index is 3.00. The SMILES string of the molecule is CN(C)C(=O)Nc1c(Cl)cc(Cl)cc1Cl. The maximum atomic E-state index is 11.4. The zero-order chi connectivity index (χ0) is 11.6. The molecule has 0 fully saturated rings. The van der Waals surface area contributed by atoms with Gasteiger partial charge in [0, 0.05) is 19.1 Å². The van der Waals surface area contributed by atoms with Gasteiger partial charge in [-0.25, -0.2) is 4.79 Å². The highest BCUT2D eigenvalue weighted by Gasteiger charge is 2.11. The summed E-state index contributed by atoms with van der Waals surface area (Å²) in [7, 11) is 3.24. The number of carbonyl (C=O) groups excluding carboxylic acids is 1. The fourth-order valence-electron chi connectivity index (χ4n) is 0.880. The maximum absolute atomic E-state index is 11.4. The molecule has 82 valence electrons. The summed E-state index contributed by atoms with van der Waals surface area (Å²) in [6.45, 7) is 0. The molecule has 0 aliphatic heterocycles. The highest BCUT2D eigenvalue weighted by Crippen LogP contribution is 2.33. The van der Waals surface area contributed by atoms with Crippen molar-refractivity contribution in [3.05, 3.63) is 27.2 Å². The molecule has 2 amide bonds. The smallest absolute Gasteiger partial charge is 0.321 e. The van der Waals surface area contributed by atoms with E-state index in [0.717, 1.165) is 0 Å². The molecular formula is C9H9Cl3N2O. The number of anilines is 1. The van der Waals surface area contributed by atoms with Gasteiger partial charge in [0.25, 0.3) is 0 Å². The molecule has 0 aliphatic carbocycles. The average molecular weight is 268 g/mol. The molecule has 15 heavy (non-hydrogen) atoms. The van der Waals surface area contributed by atoms with Crippen molar-refractivity contribution in [3.8, 4) is 0 Å². The van der Waals surface area contributed by atoms with Crippen LogP contribution in [0.25, 0.3) is 0 Å². The molecule has 0 bridgehead atoms. The highest BCUT2D eigenvalue weighted by molar-refractivity contribution is 6.42. The first-order chi connectivity index (χ1) is 6.91. The van der Waals surface area contributed by atoms with Crippen LogP contribution in [-0.2, 0) is 0 Å². The second-order valence-electron chi connectivity index (χ2n) is 3.07. The van der Waals surface area contributed by atoms with E-state index in [9.17, 15) is 4.79 Å². The van der Waals surface area contributed by atoms with Crippen LogP contribution in [0.1, 0.15) is 0 Å². The molecule has 3 nitrogen and oxygen atoms in total. The Morgan fingerprint density at radius 2 is 1.67 bits per heavy atom. The lowest BCUT2D eigenvalue weighted by Gasteiger charge is -2.14. The summed E-state index contributed by atoms with van der Waals surface area (Å²) in [6.07, 6.45) is 0. The van der Waals surface area contributed by atoms with E-state index in [1.807, 2.05) is 0 Å². The molecule has 0 saturated heterocycles. The van der Waals surface area contributed by atoms with Crippen molar-refractivity contribution in [1.82, 2.24) is 4.90 Å². The molecule has 0 unspecified atom stereocenters. The molecule has 6 heteroatoms. The minimum atomic E-state index is -0.305. The van der Waals surface area contributed by atoms with E-state index in [4.69, 9.17) is 34.8 Å². The number of benzene rings is 1. The van der Waals surface area contributed by atoms with Crippen LogP contribution in [0.2, 0.25) is 15.1 Å². The number of urea groups is 1. The van der Waals surface area contributed by atoms with Crippen molar-refractivity contribution >= 4 is 46.5 Å². The van der Waals surface area contributed by atoms with Crippen LogP contribution in [0.4, 0.5) is 10.5 Å². The number of halogens is 3. The Morgan fingerprint density at radius 1 is 1.20 bits per heavy atom. The summed E-state index contributed by atoms with van der Waals surface area (Å²) >= 11 is 17.5. The second-order valence-corrected chi connectivity index (χ2v) is 4.32. The number of rotatable bonds is 1. The monoisotopic (exact) mass is 266 g/mol. The number of nitrogens with one attached hydrogen (secondary N) is 1. The maximum Gasteiger partial charge on any atom is 0.321 e. The Kier molecular flexibility index (Phi) is 4.08. The third-order valence-corrected chi connectivity index (χ3v) is 2.46. The zero-order valence-corrected chi connectivity index (χ0v) is 10.4. The van der Waals surface area contributed by atoms with Crippen LogP contribution < -0.4 is 5.32 Å². The molecule has 0 saturated carbocycles. The summed E-state index contributed by atoms with van der Waals surface area (Å²) in [4.78, 5) is 12.7.